The number of halogens is 1. The first kappa shape index (κ1) is 21.6. The number of benzene rings is 1. The normalized spacial score (nSPS) is 15.1. The van der Waals surface area contributed by atoms with Crippen LogP contribution in [0.4, 0.5) is 17.2 Å². The number of fused-ring (bicyclic) bond motifs is 2. The Morgan fingerprint density at radius 3 is 2.45 bits per heavy atom. The molecule has 1 unspecified atom stereocenters. The summed E-state index contributed by atoms with van der Waals surface area (Å²) in [5.74, 6) is 0.854. The molecular formula is C23H20ClN5O3S. The highest BCUT2D eigenvalue weighted by molar-refractivity contribution is 7.80. The largest absolute Gasteiger partial charge is 0.367 e. The minimum atomic E-state index is -2.22. The summed E-state index contributed by atoms with van der Waals surface area (Å²) in [5, 5.41) is 2.35. The molecule has 0 saturated carbocycles. The Hall–Kier alpha value is -3.27. The molecule has 0 amide bonds. The highest BCUT2D eigenvalue weighted by Crippen LogP contribution is 2.24. The van der Waals surface area contributed by atoms with Crippen LogP contribution in [-0.4, -0.2) is 44.9 Å². The third-order valence-corrected chi connectivity index (χ3v) is 6.39. The van der Waals surface area contributed by atoms with Crippen LogP contribution in [0.3, 0.4) is 0 Å². The Kier molecular flexibility index (Phi) is 5.84. The highest BCUT2D eigenvalue weighted by Gasteiger charge is 2.19. The fourth-order valence-corrected chi connectivity index (χ4v) is 4.57. The Balaban J connectivity index is 1.47. The van der Waals surface area contributed by atoms with E-state index in [1.54, 1.807) is 36.7 Å². The van der Waals surface area contributed by atoms with Gasteiger partial charge in [0.2, 0.25) is 0 Å². The molecule has 1 fully saturated rings. The van der Waals surface area contributed by atoms with Gasteiger partial charge in [-0.3, -0.25) is 19.1 Å². The topological polar surface area (TPSA) is 98.7 Å². The van der Waals surface area contributed by atoms with E-state index in [0.29, 0.717) is 27.0 Å². The van der Waals surface area contributed by atoms with Crippen molar-refractivity contribution in [3.8, 4) is 0 Å². The maximum absolute atomic E-state index is 13.4. The fourth-order valence-electron chi connectivity index (χ4n) is 4.09. The Labute approximate surface area is 197 Å². The van der Waals surface area contributed by atoms with Crippen LogP contribution >= 0.6 is 11.6 Å². The van der Waals surface area contributed by atoms with Crippen molar-refractivity contribution >= 4 is 61.7 Å². The van der Waals surface area contributed by atoms with Crippen LogP contribution in [0.25, 0.3) is 21.7 Å². The van der Waals surface area contributed by atoms with E-state index in [4.69, 9.17) is 16.2 Å². The number of aromatic nitrogens is 2. The number of hydrogen-bond acceptors (Lipinski definition) is 6. The van der Waals surface area contributed by atoms with Gasteiger partial charge in [-0.25, -0.2) is 9.19 Å². The second kappa shape index (κ2) is 8.93. The summed E-state index contributed by atoms with van der Waals surface area (Å²) >= 11 is 3.88. The fraction of sp³-hybridized carbons (Fsp3) is 0.174. The standard InChI is InChI=1S/C23H20ClN5O3S/c24-16-5-6-25-22(11-16)29-9-7-28(8-10-29)18-13-20-21(26-14-18)4-2-15-1-3-17(27-33(31)32)12-19(15)23(20)30/h1-6,11-14,27H,7-10H2,(H,31,32). The number of hydrogen-bond donors (Lipinski definition) is 2. The van der Waals surface area contributed by atoms with Gasteiger partial charge in [0.25, 0.3) is 11.3 Å². The smallest absolute Gasteiger partial charge is 0.259 e. The van der Waals surface area contributed by atoms with Gasteiger partial charge in [-0.05, 0) is 41.8 Å². The number of anilines is 3. The lowest BCUT2D eigenvalue weighted by molar-refractivity contribution is 0.570. The Morgan fingerprint density at radius 2 is 1.70 bits per heavy atom. The molecule has 168 valence electrons. The average Bonchev–Trinajstić information content (AvgIpc) is 2.95. The summed E-state index contributed by atoms with van der Waals surface area (Å²) in [5.41, 5.74) is 1.70. The molecule has 1 atom stereocenters. The zero-order valence-electron chi connectivity index (χ0n) is 17.4. The minimum Gasteiger partial charge on any atom is -0.367 e. The highest BCUT2D eigenvalue weighted by atomic mass is 35.5. The number of pyridine rings is 2. The Bertz CT molecular complexity index is 1440. The summed E-state index contributed by atoms with van der Waals surface area (Å²) in [6.45, 7) is 3.06. The summed E-state index contributed by atoms with van der Waals surface area (Å²) in [6.07, 6.45) is 3.50. The number of nitrogens with one attached hydrogen (secondary N) is 1. The van der Waals surface area contributed by atoms with Crippen LogP contribution in [0.5, 0.6) is 0 Å². The maximum atomic E-state index is 13.4. The molecule has 2 N–H and O–H groups in total. The first-order chi connectivity index (χ1) is 16.0. The molecule has 0 aliphatic carbocycles. The molecular weight excluding hydrogens is 462 g/mol. The Morgan fingerprint density at radius 1 is 0.939 bits per heavy atom. The molecule has 0 radical (unpaired) electrons. The van der Waals surface area contributed by atoms with Crippen molar-refractivity contribution < 1.29 is 8.76 Å². The van der Waals surface area contributed by atoms with Gasteiger partial charge in [0.1, 0.15) is 5.82 Å². The summed E-state index contributed by atoms with van der Waals surface area (Å²) in [7, 11) is 0. The molecule has 0 bridgehead atoms. The van der Waals surface area contributed by atoms with Crippen LogP contribution < -0.4 is 20.0 Å². The van der Waals surface area contributed by atoms with Gasteiger partial charge in [0, 0.05) is 48.5 Å². The number of nitrogens with zero attached hydrogens (tertiary/aromatic N) is 4. The average molecular weight is 482 g/mol. The molecule has 10 heteroatoms. The predicted molar refractivity (Wildman–Crippen MR) is 134 cm³/mol. The third kappa shape index (κ3) is 4.47. The van der Waals surface area contributed by atoms with Crippen LogP contribution in [0.1, 0.15) is 0 Å². The molecule has 1 aliphatic rings. The first-order valence-corrected chi connectivity index (χ1v) is 11.8. The first-order valence-electron chi connectivity index (χ1n) is 10.3. The zero-order valence-corrected chi connectivity index (χ0v) is 19.0. The monoisotopic (exact) mass is 481 g/mol. The van der Waals surface area contributed by atoms with Gasteiger partial charge in [0.05, 0.1) is 22.8 Å². The van der Waals surface area contributed by atoms with Crippen LogP contribution in [0.15, 0.2) is 65.7 Å². The molecule has 1 aliphatic heterocycles. The molecule has 1 saturated heterocycles. The number of rotatable bonds is 4. The van der Waals surface area contributed by atoms with E-state index < -0.39 is 11.3 Å². The van der Waals surface area contributed by atoms with E-state index in [0.717, 1.165) is 43.1 Å². The van der Waals surface area contributed by atoms with E-state index >= 15 is 0 Å². The van der Waals surface area contributed by atoms with Crippen molar-refractivity contribution in [1.82, 2.24) is 9.97 Å². The second-order valence-electron chi connectivity index (χ2n) is 7.75. The molecule has 5 rings (SSSR count). The van der Waals surface area contributed by atoms with Crippen molar-refractivity contribution in [2.24, 2.45) is 0 Å². The second-order valence-corrected chi connectivity index (χ2v) is 8.89. The SMILES string of the molecule is O=c1c2cc(NS(=O)O)ccc2ccc2ncc(N3CCN(c4cc(Cl)ccn4)CC3)cc12. The lowest BCUT2D eigenvalue weighted by atomic mass is 10.1. The van der Waals surface area contributed by atoms with Crippen molar-refractivity contribution in [2.75, 3.05) is 40.7 Å². The predicted octanol–water partition coefficient (Wildman–Crippen LogP) is 3.67. The van der Waals surface area contributed by atoms with Crippen molar-refractivity contribution in [2.45, 2.75) is 0 Å². The molecule has 33 heavy (non-hydrogen) atoms. The van der Waals surface area contributed by atoms with E-state index in [1.807, 2.05) is 24.3 Å². The van der Waals surface area contributed by atoms with Crippen LogP contribution in [0.2, 0.25) is 5.02 Å². The van der Waals surface area contributed by atoms with Gasteiger partial charge in [-0.1, -0.05) is 23.7 Å². The van der Waals surface area contributed by atoms with Gasteiger partial charge in [-0.2, -0.15) is 0 Å². The number of piperazine rings is 1. The molecule has 4 aromatic rings. The van der Waals surface area contributed by atoms with Crippen LogP contribution in [-0.2, 0) is 11.3 Å². The summed E-state index contributed by atoms with van der Waals surface area (Å²) in [4.78, 5) is 26.7. The van der Waals surface area contributed by atoms with E-state index in [9.17, 15) is 9.00 Å². The van der Waals surface area contributed by atoms with E-state index in [1.165, 1.54) is 0 Å². The molecule has 0 spiro atoms. The summed E-state index contributed by atoms with van der Waals surface area (Å²) in [6, 6.07) is 14.2. The lowest BCUT2D eigenvalue weighted by Gasteiger charge is -2.36. The maximum Gasteiger partial charge on any atom is 0.259 e. The molecule has 2 aromatic carbocycles. The van der Waals surface area contributed by atoms with Crippen molar-refractivity contribution in [3.63, 3.8) is 0 Å². The van der Waals surface area contributed by atoms with Crippen LogP contribution in [0, 0.1) is 0 Å². The molecule has 3 heterocycles. The zero-order chi connectivity index (χ0) is 22.9. The van der Waals surface area contributed by atoms with Gasteiger partial charge < -0.3 is 9.80 Å². The third-order valence-electron chi connectivity index (χ3n) is 5.75. The summed E-state index contributed by atoms with van der Waals surface area (Å²) < 4.78 is 22.6. The lowest BCUT2D eigenvalue weighted by Crippen LogP contribution is -2.46. The van der Waals surface area contributed by atoms with E-state index in [-0.39, 0.29) is 5.43 Å². The van der Waals surface area contributed by atoms with E-state index in [2.05, 4.69) is 24.5 Å². The molecule has 8 nitrogen and oxygen atoms in total. The minimum absolute atomic E-state index is 0.173. The van der Waals surface area contributed by atoms with Gasteiger partial charge in [-0.15, -0.1) is 0 Å². The van der Waals surface area contributed by atoms with Crippen molar-refractivity contribution in [1.29, 1.82) is 0 Å². The van der Waals surface area contributed by atoms with Gasteiger partial charge >= 0.3 is 0 Å². The van der Waals surface area contributed by atoms with Crippen molar-refractivity contribution in [3.05, 3.63) is 76.2 Å². The van der Waals surface area contributed by atoms with Gasteiger partial charge in [0.15, 0.2) is 5.43 Å². The quantitative estimate of drug-likeness (QED) is 0.429. The molecule has 2 aromatic heterocycles.